The van der Waals surface area contributed by atoms with Crippen molar-refractivity contribution in [3.8, 4) is 0 Å². The van der Waals surface area contributed by atoms with E-state index in [4.69, 9.17) is 0 Å². The summed E-state index contributed by atoms with van der Waals surface area (Å²) in [5.41, 5.74) is 1.74. The van der Waals surface area contributed by atoms with Crippen molar-refractivity contribution < 1.29 is 21.6 Å². The number of nitrogens with one attached hydrogen (secondary N) is 1. The van der Waals surface area contributed by atoms with E-state index in [2.05, 4.69) is 9.62 Å². The molecule has 0 spiro atoms. The van der Waals surface area contributed by atoms with Gasteiger partial charge >= 0.3 is 0 Å². The van der Waals surface area contributed by atoms with Crippen LogP contribution in [0.15, 0.2) is 41.3 Å². The molecule has 1 N–H and O–H groups in total. The second-order valence-electron chi connectivity index (χ2n) is 6.60. The molecule has 0 aliphatic carbocycles. The topological polar surface area (TPSA) is 49.4 Å². The summed E-state index contributed by atoms with van der Waals surface area (Å²) in [6.45, 7) is 2.64. The van der Waals surface area contributed by atoms with E-state index in [1.54, 1.807) is 12.1 Å². The fraction of sp³-hybridized carbons (Fsp3) is 0.368. The van der Waals surface area contributed by atoms with Gasteiger partial charge in [-0.2, -0.15) is 0 Å². The largest absolute Gasteiger partial charge is 0.299 e. The molecular formula is C19H21F3N2O2S. The third kappa shape index (κ3) is 4.69. The molecule has 0 unspecified atom stereocenters. The van der Waals surface area contributed by atoms with Gasteiger partial charge in [0.2, 0.25) is 10.0 Å². The zero-order valence-corrected chi connectivity index (χ0v) is 15.5. The third-order valence-electron chi connectivity index (χ3n) is 4.70. The van der Waals surface area contributed by atoms with Gasteiger partial charge in [0.1, 0.15) is 4.90 Å². The number of nitrogens with zero attached hydrogens (tertiary/aromatic N) is 1. The molecule has 3 rings (SSSR count). The number of sulfonamides is 1. The standard InChI is InChI=1S/C19H21F3N2O2S/c20-16-8-9-17(19(22)18(16)21)27(25,26)23-12-14-6-2-3-7-15(14)13-24-10-4-1-5-11-24/h2-3,6-9,23H,1,4-5,10-13H2. The lowest BCUT2D eigenvalue weighted by Gasteiger charge is -2.27. The maximum absolute atomic E-state index is 13.8. The molecule has 0 amide bonds. The first-order valence-corrected chi connectivity index (χ1v) is 10.3. The monoisotopic (exact) mass is 398 g/mol. The Morgan fingerprint density at radius 2 is 1.56 bits per heavy atom. The lowest BCUT2D eigenvalue weighted by Crippen LogP contribution is -2.30. The van der Waals surface area contributed by atoms with Crippen molar-refractivity contribution in [1.29, 1.82) is 0 Å². The highest BCUT2D eigenvalue weighted by Gasteiger charge is 2.24. The van der Waals surface area contributed by atoms with Crippen molar-refractivity contribution in [2.45, 2.75) is 37.2 Å². The van der Waals surface area contributed by atoms with Crippen LogP contribution in [0.5, 0.6) is 0 Å². The summed E-state index contributed by atoms with van der Waals surface area (Å²) in [5, 5.41) is 0. The lowest BCUT2D eigenvalue weighted by atomic mass is 10.1. The van der Waals surface area contributed by atoms with Crippen molar-refractivity contribution in [3.05, 3.63) is 65.0 Å². The molecule has 1 aliphatic rings. The maximum atomic E-state index is 13.8. The van der Waals surface area contributed by atoms with Crippen LogP contribution in [0.4, 0.5) is 13.2 Å². The number of likely N-dealkylation sites (tertiary alicyclic amines) is 1. The van der Waals surface area contributed by atoms with Gasteiger partial charge in [-0.15, -0.1) is 0 Å². The molecule has 0 atom stereocenters. The number of rotatable bonds is 6. The van der Waals surface area contributed by atoms with E-state index >= 15 is 0 Å². The Balaban J connectivity index is 1.75. The minimum Gasteiger partial charge on any atom is -0.299 e. The molecule has 4 nitrogen and oxygen atoms in total. The first-order chi connectivity index (χ1) is 12.9. The molecule has 146 valence electrons. The van der Waals surface area contributed by atoms with Crippen LogP contribution in [0.25, 0.3) is 0 Å². The average molecular weight is 398 g/mol. The van der Waals surface area contributed by atoms with E-state index in [1.807, 2.05) is 12.1 Å². The summed E-state index contributed by atoms with van der Waals surface area (Å²) in [4.78, 5) is 1.40. The molecule has 0 saturated carbocycles. The van der Waals surface area contributed by atoms with Crippen LogP contribution in [0, 0.1) is 17.5 Å². The maximum Gasteiger partial charge on any atom is 0.243 e. The summed E-state index contributed by atoms with van der Waals surface area (Å²) in [6, 6.07) is 8.71. The second-order valence-corrected chi connectivity index (χ2v) is 8.34. The van der Waals surface area contributed by atoms with Crippen LogP contribution in [-0.4, -0.2) is 26.4 Å². The number of hydrogen-bond donors (Lipinski definition) is 1. The summed E-state index contributed by atoms with van der Waals surface area (Å²) in [5.74, 6) is -4.95. The molecule has 0 bridgehead atoms. The van der Waals surface area contributed by atoms with E-state index in [1.165, 1.54) is 6.42 Å². The van der Waals surface area contributed by atoms with E-state index < -0.39 is 32.4 Å². The first-order valence-electron chi connectivity index (χ1n) is 8.81. The highest BCUT2D eigenvalue weighted by molar-refractivity contribution is 7.89. The van der Waals surface area contributed by atoms with E-state index in [0.717, 1.165) is 43.1 Å². The Kier molecular flexibility index (Phi) is 6.18. The summed E-state index contributed by atoms with van der Waals surface area (Å²) in [6.07, 6.45) is 3.51. The second kappa shape index (κ2) is 8.41. The van der Waals surface area contributed by atoms with Crippen molar-refractivity contribution in [1.82, 2.24) is 9.62 Å². The summed E-state index contributed by atoms with van der Waals surface area (Å²) >= 11 is 0. The molecule has 1 heterocycles. The molecule has 0 aromatic heterocycles. The van der Waals surface area contributed by atoms with E-state index in [-0.39, 0.29) is 6.54 Å². The molecule has 27 heavy (non-hydrogen) atoms. The smallest absolute Gasteiger partial charge is 0.243 e. The molecule has 1 saturated heterocycles. The summed E-state index contributed by atoms with van der Waals surface area (Å²) in [7, 11) is -4.32. The van der Waals surface area contributed by atoms with Gasteiger partial charge in [-0.25, -0.2) is 26.3 Å². The highest BCUT2D eigenvalue weighted by atomic mass is 32.2. The van der Waals surface area contributed by atoms with Gasteiger partial charge in [0.25, 0.3) is 0 Å². The predicted molar refractivity (Wildman–Crippen MR) is 95.9 cm³/mol. The van der Waals surface area contributed by atoms with Gasteiger partial charge in [-0.3, -0.25) is 4.90 Å². The Bertz CT molecular complexity index is 913. The van der Waals surface area contributed by atoms with Crippen LogP contribution in [0.3, 0.4) is 0 Å². The Hall–Kier alpha value is -1.90. The average Bonchev–Trinajstić information content (AvgIpc) is 2.66. The van der Waals surface area contributed by atoms with Crippen LogP contribution < -0.4 is 4.72 Å². The van der Waals surface area contributed by atoms with Gasteiger partial charge in [0.05, 0.1) is 0 Å². The predicted octanol–water partition coefficient (Wildman–Crippen LogP) is 3.57. The number of piperidine rings is 1. The van der Waals surface area contributed by atoms with Gasteiger partial charge in [-0.1, -0.05) is 30.7 Å². The fourth-order valence-electron chi connectivity index (χ4n) is 3.21. The molecular weight excluding hydrogens is 377 g/mol. The van der Waals surface area contributed by atoms with Crippen molar-refractivity contribution in [2.75, 3.05) is 13.1 Å². The van der Waals surface area contributed by atoms with E-state index in [9.17, 15) is 21.6 Å². The summed E-state index contributed by atoms with van der Waals surface area (Å²) < 4.78 is 67.2. The van der Waals surface area contributed by atoms with Gasteiger partial charge in [0, 0.05) is 13.1 Å². The molecule has 2 aromatic rings. The molecule has 1 aliphatic heterocycles. The SMILES string of the molecule is O=S(=O)(NCc1ccccc1CN1CCCCC1)c1ccc(F)c(F)c1F. The minimum absolute atomic E-state index is 0.0647. The number of halogens is 3. The third-order valence-corrected chi connectivity index (χ3v) is 6.12. The van der Waals surface area contributed by atoms with Gasteiger partial charge < -0.3 is 0 Å². The van der Waals surface area contributed by atoms with Gasteiger partial charge in [0.15, 0.2) is 17.5 Å². The Labute approximate surface area is 157 Å². The Morgan fingerprint density at radius 3 is 2.26 bits per heavy atom. The highest BCUT2D eigenvalue weighted by Crippen LogP contribution is 2.21. The van der Waals surface area contributed by atoms with Crippen molar-refractivity contribution in [2.24, 2.45) is 0 Å². The van der Waals surface area contributed by atoms with Crippen LogP contribution in [0.2, 0.25) is 0 Å². The van der Waals surface area contributed by atoms with Gasteiger partial charge in [-0.05, 0) is 49.2 Å². The first kappa shape index (κ1) is 19.9. The molecule has 8 heteroatoms. The van der Waals surface area contributed by atoms with Crippen LogP contribution in [0.1, 0.15) is 30.4 Å². The lowest BCUT2D eigenvalue weighted by molar-refractivity contribution is 0.220. The zero-order chi connectivity index (χ0) is 19.4. The van der Waals surface area contributed by atoms with Crippen LogP contribution >= 0.6 is 0 Å². The van der Waals surface area contributed by atoms with Crippen LogP contribution in [-0.2, 0) is 23.1 Å². The quantitative estimate of drug-likeness (QED) is 0.757. The van der Waals surface area contributed by atoms with E-state index in [0.29, 0.717) is 12.6 Å². The zero-order valence-electron chi connectivity index (χ0n) is 14.7. The minimum atomic E-state index is -4.32. The Morgan fingerprint density at radius 1 is 0.889 bits per heavy atom. The van der Waals surface area contributed by atoms with Crippen molar-refractivity contribution >= 4 is 10.0 Å². The normalized spacial score (nSPS) is 15.8. The molecule has 0 radical (unpaired) electrons. The fourth-order valence-corrected chi connectivity index (χ4v) is 4.28. The number of hydrogen-bond acceptors (Lipinski definition) is 3. The molecule has 1 fully saturated rings. The molecule has 2 aromatic carbocycles. The van der Waals surface area contributed by atoms with Crippen molar-refractivity contribution in [3.63, 3.8) is 0 Å². The number of benzene rings is 2.